The number of amides is 1. The molecule has 7 heteroatoms. The summed E-state index contributed by atoms with van der Waals surface area (Å²) in [6.07, 6.45) is 1.56. The second kappa shape index (κ2) is 8.59. The van der Waals surface area contributed by atoms with E-state index < -0.39 is 0 Å². The van der Waals surface area contributed by atoms with E-state index in [-0.39, 0.29) is 17.2 Å². The molecule has 1 amide bonds. The highest BCUT2D eigenvalue weighted by Crippen LogP contribution is 2.35. The molecule has 0 unspecified atom stereocenters. The normalized spacial score (nSPS) is 10.9. The first-order valence-electron chi connectivity index (χ1n) is 8.94. The number of thioether (sulfide) groups is 1. The molecule has 146 valence electrons. The largest absolute Gasteiger partial charge is 0.467 e. The van der Waals surface area contributed by atoms with Crippen LogP contribution in [0.3, 0.4) is 0 Å². The van der Waals surface area contributed by atoms with Crippen molar-refractivity contribution in [1.29, 1.82) is 0 Å². The molecule has 0 aliphatic rings. The average molecular weight is 425 g/mol. The number of carbonyl (C=O) groups is 1. The summed E-state index contributed by atoms with van der Waals surface area (Å²) in [5.41, 5.74) is 2.13. The zero-order valence-electron chi connectivity index (χ0n) is 15.3. The molecule has 0 radical (unpaired) electrons. The van der Waals surface area contributed by atoms with Gasteiger partial charge in [-0.25, -0.2) is 0 Å². The quantitative estimate of drug-likeness (QED) is 0.434. The number of fused-ring (bicyclic) bond motifs is 1. The molecular weight excluding hydrogens is 408 g/mol. The van der Waals surface area contributed by atoms with Gasteiger partial charge in [-0.05, 0) is 35.9 Å². The van der Waals surface area contributed by atoms with Crippen molar-refractivity contribution >= 4 is 40.2 Å². The maximum atomic E-state index is 12.8. The number of H-pyrrole nitrogens is 1. The van der Waals surface area contributed by atoms with Gasteiger partial charge in [-0.3, -0.25) is 9.59 Å². The second-order valence-corrected chi connectivity index (χ2v) is 7.78. The van der Waals surface area contributed by atoms with Gasteiger partial charge in [0.05, 0.1) is 23.5 Å². The molecule has 0 aliphatic carbocycles. The Morgan fingerprint density at radius 3 is 2.69 bits per heavy atom. The number of benzene rings is 2. The van der Waals surface area contributed by atoms with Crippen molar-refractivity contribution in [1.82, 2.24) is 10.3 Å². The van der Waals surface area contributed by atoms with Gasteiger partial charge in [-0.2, -0.15) is 0 Å². The van der Waals surface area contributed by atoms with Crippen LogP contribution < -0.4 is 10.9 Å². The van der Waals surface area contributed by atoms with E-state index in [2.05, 4.69) is 10.3 Å². The Balaban J connectivity index is 1.67. The molecular formula is C22H17ClN2O3S. The van der Waals surface area contributed by atoms with Crippen LogP contribution in [-0.2, 0) is 11.3 Å². The summed E-state index contributed by atoms with van der Waals surface area (Å²) in [5, 5.41) is 4.21. The van der Waals surface area contributed by atoms with E-state index in [4.69, 9.17) is 16.0 Å². The molecule has 0 atom stereocenters. The van der Waals surface area contributed by atoms with Crippen LogP contribution in [-0.4, -0.2) is 16.6 Å². The fraction of sp³-hybridized carbons (Fsp3) is 0.0909. The molecule has 0 spiro atoms. The lowest BCUT2D eigenvalue weighted by atomic mass is 10.0. The van der Waals surface area contributed by atoms with Crippen LogP contribution in [0, 0.1) is 0 Å². The van der Waals surface area contributed by atoms with Gasteiger partial charge in [0, 0.05) is 21.5 Å². The van der Waals surface area contributed by atoms with Gasteiger partial charge in [0.25, 0.3) is 5.56 Å². The topological polar surface area (TPSA) is 75.1 Å². The van der Waals surface area contributed by atoms with Crippen molar-refractivity contribution in [3.8, 4) is 11.1 Å². The Hall–Kier alpha value is -2.96. The molecule has 4 aromatic rings. The van der Waals surface area contributed by atoms with Crippen LogP contribution in [0.25, 0.3) is 22.0 Å². The van der Waals surface area contributed by atoms with Gasteiger partial charge >= 0.3 is 0 Å². The molecule has 5 nitrogen and oxygen atoms in total. The molecule has 2 heterocycles. The van der Waals surface area contributed by atoms with Crippen molar-refractivity contribution in [2.24, 2.45) is 0 Å². The number of rotatable bonds is 6. The monoisotopic (exact) mass is 424 g/mol. The molecule has 0 fully saturated rings. The van der Waals surface area contributed by atoms with Crippen LogP contribution in [0.1, 0.15) is 5.76 Å². The minimum Gasteiger partial charge on any atom is -0.467 e. The van der Waals surface area contributed by atoms with E-state index in [0.717, 1.165) is 16.5 Å². The lowest BCUT2D eigenvalue weighted by Crippen LogP contribution is -2.25. The van der Waals surface area contributed by atoms with Crippen LogP contribution in [0.15, 0.2) is 81.0 Å². The van der Waals surface area contributed by atoms with Crippen LogP contribution >= 0.6 is 23.4 Å². The van der Waals surface area contributed by atoms with E-state index in [1.165, 1.54) is 11.8 Å². The number of halogens is 1. The standard InChI is InChI=1S/C22H17ClN2O3S/c23-15-8-9-18-17(11-15)20(14-5-2-1-3-6-14)21(22(27)25-18)29-13-19(26)24-12-16-7-4-10-28-16/h1-11H,12-13H2,(H,24,26)(H,25,27). The van der Waals surface area contributed by atoms with E-state index >= 15 is 0 Å². The first-order valence-corrected chi connectivity index (χ1v) is 10.3. The molecule has 0 bridgehead atoms. The van der Waals surface area contributed by atoms with Gasteiger partial charge in [-0.15, -0.1) is 11.8 Å². The van der Waals surface area contributed by atoms with Gasteiger partial charge < -0.3 is 14.7 Å². The summed E-state index contributed by atoms with van der Waals surface area (Å²) in [6.45, 7) is 0.307. The van der Waals surface area contributed by atoms with Crippen LogP contribution in [0.2, 0.25) is 5.02 Å². The number of pyridine rings is 1. The third-order valence-corrected chi connectivity index (χ3v) is 5.70. The number of hydrogen-bond acceptors (Lipinski definition) is 4. The fourth-order valence-corrected chi connectivity index (χ4v) is 4.17. The molecule has 0 saturated carbocycles. The van der Waals surface area contributed by atoms with E-state index in [1.54, 1.807) is 30.5 Å². The highest BCUT2D eigenvalue weighted by Gasteiger charge is 2.17. The van der Waals surface area contributed by atoms with Gasteiger partial charge in [-0.1, -0.05) is 41.9 Å². The third-order valence-electron chi connectivity index (χ3n) is 4.38. The Labute approximate surface area is 176 Å². The zero-order chi connectivity index (χ0) is 20.2. The summed E-state index contributed by atoms with van der Waals surface area (Å²) < 4.78 is 5.21. The van der Waals surface area contributed by atoms with E-state index in [1.807, 2.05) is 36.4 Å². The summed E-state index contributed by atoms with van der Waals surface area (Å²) in [6, 6.07) is 18.5. The predicted octanol–water partition coefficient (Wildman–Crippen LogP) is 4.85. The molecule has 0 aliphatic heterocycles. The maximum absolute atomic E-state index is 12.8. The van der Waals surface area contributed by atoms with Crippen molar-refractivity contribution < 1.29 is 9.21 Å². The highest BCUT2D eigenvalue weighted by molar-refractivity contribution is 8.00. The van der Waals surface area contributed by atoms with Crippen molar-refractivity contribution in [3.05, 3.63) is 88.1 Å². The van der Waals surface area contributed by atoms with Gasteiger partial charge in [0.15, 0.2) is 0 Å². The summed E-state index contributed by atoms with van der Waals surface area (Å²) >= 11 is 7.42. The lowest BCUT2D eigenvalue weighted by molar-refractivity contribution is -0.118. The minimum atomic E-state index is -0.234. The van der Waals surface area contributed by atoms with Crippen molar-refractivity contribution in [2.45, 2.75) is 11.4 Å². The summed E-state index contributed by atoms with van der Waals surface area (Å²) in [5.74, 6) is 0.595. The second-order valence-electron chi connectivity index (χ2n) is 6.36. The van der Waals surface area contributed by atoms with Crippen LogP contribution in [0.5, 0.6) is 0 Å². The van der Waals surface area contributed by atoms with Gasteiger partial charge in [0.2, 0.25) is 5.91 Å². The lowest BCUT2D eigenvalue weighted by Gasteiger charge is -2.13. The first kappa shape index (κ1) is 19.4. The van der Waals surface area contributed by atoms with Crippen LogP contribution in [0.4, 0.5) is 0 Å². The van der Waals surface area contributed by atoms with E-state index in [9.17, 15) is 9.59 Å². The Bertz CT molecular complexity index is 1200. The third kappa shape index (κ3) is 4.39. The summed E-state index contributed by atoms with van der Waals surface area (Å²) in [4.78, 5) is 28.5. The van der Waals surface area contributed by atoms with Crippen molar-refractivity contribution in [2.75, 3.05) is 5.75 Å². The number of furan rings is 1. The Morgan fingerprint density at radius 1 is 1.10 bits per heavy atom. The minimum absolute atomic E-state index is 0.107. The molecule has 2 aromatic heterocycles. The smallest absolute Gasteiger partial charge is 0.262 e. The number of nitrogens with one attached hydrogen (secondary N) is 2. The van der Waals surface area contributed by atoms with Crippen molar-refractivity contribution in [3.63, 3.8) is 0 Å². The SMILES string of the molecule is O=C(CSc1c(-c2ccccc2)c2cc(Cl)ccc2[nH]c1=O)NCc1ccco1. The Morgan fingerprint density at radius 2 is 1.93 bits per heavy atom. The molecule has 2 N–H and O–H groups in total. The van der Waals surface area contributed by atoms with E-state index in [0.29, 0.717) is 27.7 Å². The zero-order valence-corrected chi connectivity index (χ0v) is 16.8. The number of carbonyl (C=O) groups excluding carboxylic acids is 1. The number of aromatic amines is 1. The highest BCUT2D eigenvalue weighted by atomic mass is 35.5. The molecule has 0 saturated heterocycles. The average Bonchev–Trinajstić information content (AvgIpc) is 3.25. The predicted molar refractivity (Wildman–Crippen MR) is 116 cm³/mol. The summed E-state index contributed by atoms with van der Waals surface area (Å²) in [7, 11) is 0. The number of aromatic nitrogens is 1. The maximum Gasteiger partial charge on any atom is 0.262 e. The number of hydrogen-bond donors (Lipinski definition) is 2. The molecule has 2 aromatic carbocycles. The van der Waals surface area contributed by atoms with Gasteiger partial charge in [0.1, 0.15) is 5.76 Å². The molecule has 4 rings (SSSR count). The molecule has 29 heavy (non-hydrogen) atoms. The Kier molecular flexibility index (Phi) is 5.74. The fourth-order valence-electron chi connectivity index (χ4n) is 3.06. The first-order chi connectivity index (χ1) is 14.1.